The number of rotatable bonds is 3. The van der Waals surface area contributed by atoms with E-state index in [0.717, 1.165) is 32.4 Å². The van der Waals surface area contributed by atoms with E-state index in [2.05, 4.69) is 20.8 Å². The van der Waals surface area contributed by atoms with Gasteiger partial charge in [-0.25, -0.2) is 0 Å². The van der Waals surface area contributed by atoms with Gasteiger partial charge in [-0.15, -0.1) is 0 Å². The van der Waals surface area contributed by atoms with Crippen LogP contribution in [0.3, 0.4) is 0 Å². The number of morpholine rings is 1. The molecule has 3 atom stereocenters. The van der Waals surface area contributed by atoms with Gasteiger partial charge in [-0.05, 0) is 24.7 Å². The molecule has 1 amide bonds. The van der Waals surface area contributed by atoms with Gasteiger partial charge in [0.15, 0.2) is 0 Å². The van der Waals surface area contributed by atoms with Crippen molar-refractivity contribution in [1.82, 2.24) is 4.90 Å². The zero-order valence-electron chi connectivity index (χ0n) is 11.8. The highest BCUT2D eigenvalue weighted by molar-refractivity contribution is 5.77. The molecule has 18 heavy (non-hydrogen) atoms. The highest BCUT2D eigenvalue weighted by Gasteiger charge is 2.35. The molecule has 2 fully saturated rings. The van der Waals surface area contributed by atoms with E-state index >= 15 is 0 Å². The first-order valence-corrected chi connectivity index (χ1v) is 7.02. The van der Waals surface area contributed by atoms with Crippen molar-refractivity contribution in [2.45, 2.75) is 64.7 Å². The lowest BCUT2D eigenvalue weighted by molar-refractivity contribution is -0.140. The van der Waals surface area contributed by atoms with E-state index in [4.69, 9.17) is 10.5 Å². The molecule has 0 aromatic heterocycles. The monoisotopic (exact) mass is 254 g/mol. The minimum Gasteiger partial charge on any atom is -0.371 e. The predicted octanol–water partition coefficient (Wildman–Crippen LogP) is 1.53. The summed E-state index contributed by atoms with van der Waals surface area (Å²) in [5, 5.41) is 0. The number of amides is 1. The molecule has 2 heterocycles. The number of fused-ring (bicyclic) bond motifs is 2. The fraction of sp³-hybridized carbons (Fsp3) is 0.929. The molecular formula is C14H26N2O2. The van der Waals surface area contributed by atoms with Gasteiger partial charge in [0.25, 0.3) is 0 Å². The highest BCUT2D eigenvalue weighted by Crippen LogP contribution is 2.27. The summed E-state index contributed by atoms with van der Waals surface area (Å²) in [6.07, 6.45) is 4.09. The molecule has 2 bridgehead atoms. The van der Waals surface area contributed by atoms with Gasteiger partial charge in [0, 0.05) is 25.6 Å². The quantitative estimate of drug-likeness (QED) is 0.831. The lowest BCUT2D eigenvalue weighted by Gasteiger charge is -2.33. The van der Waals surface area contributed by atoms with Crippen LogP contribution in [0.5, 0.6) is 0 Å². The summed E-state index contributed by atoms with van der Waals surface area (Å²) >= 11 is 0. The molecule has 0 aromatic rings. The number of nitrogens with two attached hydrogens (primary N) is 1. The zero-order chi connectivity index (χ0) is 13.3. The molecule has 2 rings (SSSR count). The van der Waals surface area contributed by atoms with Crippen LogP contribution < -0.4 is 5.73 Å². The number of hydrogen-bond donors (Lipinski definition) is 1. The normalized spacial score (nSPS) is 29.4. The molecule has 0 spiro atoms. The van der Waals surface area contributed by atoms with E-state index in [1.807, 2.05) is 4.90 Å². The van der Waals surface area contributed by atoms with Crippen LogP contribution in [0, 0.1) is 5.41 Å². The van der Waals surface area contributed by atoms with Crippen LogP contribution in [0.4, 0.5) is 0 Å². The van der Waals surface area contributed by atoms with E-state index in [-0.39, 0.29) is 29.6 Å². The molecule has 0 aromatic carbocycles. The van der Waals surface area contributed by atoms with Gasteiger partial charge in [0.2, 0.25) is 5.91 Å². The molecule has 0 aliphatic carbocycles. The maximum atomic E-state index is 12.2. The Morgan fingerprint density at radius 3 is 2.39 bits per heavy atom. The van der Waals surface area contributed by atoms with Crippen LogP contribution in [0.1, 0.15) is 46.5 Å². The van der Waals surface area contributed by atoms with Crippen molar-refractivity contribution in [3.05, 3.63) is 0 Å². The van der Waals surface area contributed by atoms with Crippen molar-refractivity contribution in [2.24, 2.45) is 11.1 Å². The van der Waals surface area contributed by atoms with Gasteiger partial charge in [0.05, 0.1) is 12.2 Å². The van der Waals surface area contributed by atoms with Gasteiger partial charge in [-0.2, -0.15) is 0 Å². The fourth-order valence-corrected chi connectivity index (χ4v) is 3.03. The first kappa shape index (κ1) is 13.8. The Kier molecular flexibility index (Phi) is 3.97. The zero-order valence-corrected chi connectivity index (χ0v) is 11.8. The van der Waals surface area contributed by atoms with Crippen molar-refractivity contribution < 1.29 is 9.53 Å². The van der Waals surface area contributed by atoms with Crippen molar-refractivity contribution in [1.29, 1.82) is 0 Å². The number of carbonyl (C=O) groups is 1. The lowest BCUT2D eigenvalue weighted by Crippen LogP contribution is -2.47. The highest BCUT2D eigenvalue weighted by atomic mass is 16.5. The largest absolute Gasteiger partial charge is 0.371 e. The van der Waals surface area contributed by atoms with Crippen LogP contribution in [-0.2, 0) is 9.53 Å². The standard InChI is InChI=1S/C14H26N2O2/c1-14(2,3)7-10(15)6-13(17)16-8-11-4-5-12(9-16)18-11/h10-12H,4-9,15H2,1-3H3. The molecule has 104 valence electrons. The second-order valence-corrected chi connectivity index (χ2v) is 6.99. The Morgan fingerprint density at radius 1 is 1.33 bits per heavy atom. The number of ether oxygens (including phenoxy) is 1. The van der Waals surface area contributed by atoms with Gasteiger partial charge < -0.3 is 15.4 Å². The molecular weight excluding hydrogens is 228 g/mol. The van der Waals surface area contributed by atoms with E-state index in [1.165, 1.54) is 0 Å². The average Bonchev–Trinajstić information content (AvgIpc) is 2.54. The number of nitrogens with zero attached hydrogens (tertiary/aromatic N) is 1. The molecule has 2 saturated heterocycles. The number of hydrogen-bond acceptors (Lipinski definition) is 3. The minimum atomic E-state index is -0.0296. The van der Waals surface area contributed by atoms with Crippen LogP contribution >= 0.6 is 0 Å². The summed E-state index contributed by atoms with van der Waals surface area (Å²) in [4.78, 5) is 14.2. The summed E-state index contributed by atoms with van der Waals surface area (Å²) in [6.45, 7) is 8.00. The third-order valence-corrected chi connectivity index (χ3v) is 3.71. The Balaban J connectivity index is 1.81. The molecule has 2 aliphatic heterocycles. The molecule has 2 aliphatic rings. The van der Waals surface area contributed by atoms with Gasteiger partial charge in [0.1, 0.15) is 0 Å². The second-order valence-electron chi connectivity index (χ2n) is 6.99. The molecule has 4 nitrogen and oxygen atoms in total. The third kappa shape index (κ3) is 3.69. The molecule has 0 saturated carbocycles. The topological polar surface area (TPSA) is 55.6 Å². The van der Waals surface area contributed by atoms with Gasteiger partial charge >= 0.3 is 0 Å². The smallest absolute Gasteiger partial charge is 0.224 e. The van der Waals surface area contributed by atoms with Crippen LogP contribution in [0.2, 0.25) is 0 Å². The summed E-state index contributed by atoms with van der Waals surface area (Å²) < 4.78 is 5.74. The third-order valence-electron chi connectivity index (χ3n) is 3.71. The Morgan fingerprint density at radius 2 is 1.89 bits per heavy atom. The van der Waals surface area contributed by atoms with E-state index in [9.17, 15) is 4.79 Å². The van der Waals surface area contributed by atoms with Crippen LogP contribution in [0.25, 0.3) is 0 Å². The Bertz CT molecular complexity index is 299. The molecule has 0 radical (unpaired) electrons. The predicted molar refractivity (Wildman–Crippen MR) is 71.1 cm³/mol. The summed E-state index contributed by atoms with van der Waals surface area (Å²) in [5.41, 5.74) is 6.26. The summed E-state index contributed by atoms with van der Waals surface area (Å²) in [6, 6.07) is -0.0296. The maximum Gasteiger partial charge on any atom is 0.224 e. The van der Waals surface area contributed by atoms with E-state index < -0.39 is 0 Å². The van der Waals surface area contributed by atoms with Gasteiger partial charge in [-0.3, -0.25) is 4.79 Å². The molecule has 3 unspecified atom stereocenters. The first-order chi connectivity index (χ1) is 8.33. The fourth-order valence-electron chi connectivity index (χ4n) is 3.03. The lowest BCUT2D eigenvalue weighted by atomic mass is 9.87. The molecule has 4 heteroatoms. The summed E-state index contributed by atoms with van der Waals surface area (Å²) in [5.74, 6) is 0.201. The number of likely N-dealkylation sites (tertiary alicyclic amines) is 1. The van der Waals surface area contributed by atoms with Crippen LogP contribution in [-0.4, -0.2) is 42.1 Å². The van der Waals surface area contributed by atoms with Crippen molar-refractivity contribution >= 4 is 5.91 Å². The van der Waals surface area contributed by atoms with E-state index in [1.54, 1.807) is 0 Å². The molecule has 2 N–H and O–H groups in total. The first-order valence-electron chi connectivity index (χ1n) is 7.02. The Hall–Kier alpha value is -0.610. The van der Waals surface area contributed by atoms with Crippen molar-refractivity contribution in [3.8, 4) is 0 Å². The van der Waals surface area contributed by atoms with E-state index in [0.29, 0.717) is 6.42 Å². The summed E-state index contributed by atoms with van der Waals surface area (Å²) in [7, 11) is 0. The number of carbonyl (C=O) groups excluding carboxylic acids is 1. The van der Waals surface area contributed by atoms with Gasteiger partial charge in [-0.1, -0.05) is 20.8 Å². The second kappa shape index (κ2) is 5.17. The van der Waals surface area contributed by atoms with Crippen LogP contribution in [0.15, 0.2) is 0 Å². The maximum absolute atomic E-state index is 12.2. The SMILES string of the molecule is CC(C)(C)CC(N)CC(=O)N1CC2CCC(C1)O2. The van der Waals surface area contributed by atoms with Crippen molar-refractivity contribution in [2.75, 3.05) is 13.1 Å². The van der Waals surface area contributed by atoms with Crippen molar-refractivity contribution in [3.63, 3.8) is 0 Å². The minimum absolute atomic E-state index is 0.0296. The average molecular weight is 254 g/mol. The Labute approximate surface area is 110 Å².